The monoisotopic (exact) mass is 453 g/mol. The van der Waals surface area contributed by atoms with E-state index in [0.29, 0.717) is 6.42 Å². The standard InChI is InChI=1S/C24H27N3O6/c1-27(12-6-11-23(30)31)22(29)14-25-21(28)13-26-24(32)33-15-20-18-9-4-2-7-16(18)17-8-3-5-10-19(17)20/h2-5,7-10,20H,6,11-15H2,1H3,(H,25,28)(H,26,32)(H,30,31). The van der Waals surface area contributed by atoms with Crippen LogP contribution in [0.4, 0.5) is 4.79 Å². The Morgan fingerprint density at radius 1 is 0.939 bits per heavy atom. The molecule has 0 bridgehead atoms. The van der Waals surface area contributed by atoms with Crippen molar-refractivity contribution >= 4 is 23.9 Å². The van der Waals surface area contributed by atoms with E-state index < -0.39 is 18.0 Å². The summed E-state index contributed by atoms with van der Waals surface area (Å²) in [6, 6.07) is 16.0. The Hall–Kier alpha value is -3.88. The van der Waals surface area contributed by atoms with Gasteiger partial charge in [-0.2, -0.15) is 0 Å². The van der Waals surface area contributed by atoms with Gasteiger partial charge in [-0.1, -0.05) is 48.5 Å². The Morgan fingerprint density at radius 3 is 2.15 bits per heavy atom. The second-order valence-corrected chi connectivity index (χ2v) is 7.77. The van der Waals surface area contributed by atoms with Crippen LogP contribution in [0.1, 0.15) is 29.9 Å². The molecule has 9 nitrogen and oxygen atoms in total. The fraction of sp³-hybridized carbons (Fsp3) is 0.333. The van der Waals surface area contributed by atoms with Crippen LogP contribution in [0.2, 0.25) is 0 Å². The molecular formula is C24H27N3O6. The van der Waals surface area contributed by atoms with Gasteiger partial charge >= 0.3 is 12.1 Å². The van der Waals surface area contributed by atoms with Gasteiger partial charge in [-0.15, -0.1) is 0 Å². The minimum atomic E-state index is -0.927. The summed E-state index contributed by atoms with van der Waals surface area (Å²) >= 11 is 0. The maximum Gasteiger partial charge on any atom is 0.407 e. The summed E-state index contributed by atoms with van der Waals surface area (Å²) in [5.74, 6) is -1.89. The average molecular weight is 453 g/mol. The third kappa shape index (κ3) is 6.31. The molecule has 0 unspecified atom stereocenters. The summed E-state index contributed by atoms with van der Waals surface area (Å²) in [5, 5.41) is 13.4. The number of amides is 3. The second-order valence-electron chi connectivity index (χ2n) is 7.77. The number of ether oxygens (including phenoxy) is 1. The van der Waals surface area contributed by atoms with Crippen LogP contribution >= 0.6 is 0 Å². The van der Waals surface area contributed by atoms with Gasteiger partial charge in [0.2, 0.25) is 11.8 Å². The summed E-state index contributed by atoms with van der Waals surface area (Å²) < 4.78 is 5.36. The third-order valence-corrected chi connectivity index (χ3v) is 5.48. The smallest absolute Gasteiger partial charge is 0.407 e. The van der Waals surface area contributed by atoms with Crippen LogP contribution in [0.25, 0.3) is 11.1 Å². The lowest BCUT2D eigenvalue weighted by molar-refractivity contribution is -0.137. The molecule has 0 atom stereocenters. The van der Waals surface area contributed by atoms with Crippen molar-refractivity contribution in [3.63, 3.8) is 0 Å². The van der Waals surface area contributed by atoms with Gasteiger partial charge in [0.05, 0.1) is 6.54 Å². The molecule has 0 fully saturated rings. The molecule has 2 aromatic rings. The van der Waals surface area contributed by atoms with Crippen LogP contribution in [-0.2, 0) is 19.1 Å². The lowest BCUT2D eigenvalue weighted by Crippen LogP contribution is -2.43. The van der Waals surface area contributed by atoms with Gasteiger partial charge < -0.3 is 25.4 Å². The Bertz CT molecular complexity index is 993. The number of rotatable bonds is 10. The minimum Gasteiger partial charge on any atom is -0.481 e. The first-order valence-corrected chi connectivity index (χ1v) is 10.7. The molecule has 174 valence electrons. The van der Waals surface area contributed by atoms with Crippen molar-refractivity contribution in [3.05, 3.63) is 59.7 Å². The van der Waals surface area contributed by atoms with Gasteiger partial charge in [0, 0.05) is 25.9 Å². The number of carbonyl (C=O) groups excluding carboxylic acids is 3. The molecule has 0 radical (unpaired) electrons. The molecular weight excluding hydrogens is 426 g/mol. The van der Waals surface area contributed by atoms with E-state index in [-0.39, 0.29) is 44.5 Å². The van der Waals surface area contributed by atoms with Crippen LogP contribution < -0.4 is 10.6 Å². The SMILES string of the molecule is CN(CCCC(=O)O)C(=O)CNC(=O)CNC(=O)OCC1c2ccccc2-c2ccccc21. The second kappa shape index (κ2) is 11.1. The molecule has 0 heterocycles. The topological polar surface area (TPSA) is 125 Å². The van der Waals surface area contributed by atoms with Crippen molar-refractivity contribution in [3.8, 4) is 11.1 Å². The van der Waals surface area contributed by atoms with Crippen molar-refractivity contribution in [1.29, 1.82) is 0 Å². The number of hydrogen-bond acceptors (Lipinski definition) is 5. The quantitative estimate of drug-likeness (QED) is 0.505. The fourth-order valence-electron chi connectivity index (χ4n) is 3.77. The van der Waals surface area contributed by atoms with E-state index in [1.54, 1.807) is 0 Å². The number of likely N-dealkylation sites (N-methyl/N-ethyl adjacent to an activating group) is 1. The number of nitrogens with zero attached hydrogens (tertiary/aromatic N) is 1. The molecule has 3 N–H and O–H groups in total. The fourth-order valence-corrected chi connectivity index (χ4v) is 3.77. The number of fused-ring (bicyclic) bond motifs is 3. The summed E-state index contributed by atoms with van der Waals surface area (Å²) in [4.78, 5) is 47.9. The van der Waals surface area contributed by atoms with Crippen molar-refractivity contribution in [2.75, 3.05) is 33.3 Å². The Morgan fingerprint density at radius 2 is 1.55 bits per heavy atom. The molecule has 3 rings (SSSR count). The predicted molar refractivity (Wildman–Crippen MR) is 121 cm³/mol. The van der Waals surface area contributed by atoms with Gasteiger partial charge in [0.15, 0.2) is 0 Å². The molecule has 0 spiro atoms. The van der Waals surface area contributed by atoms with E-state index in [4.69, 9.17) is 9.84 Å². The lowest BCUT2D eigenvalue weighted by atomic mass is 9.98. The molecule has 0 aliphatic heterocycles. The molecule has 1 aliphatic rings. The summed E-state index contributed by atoms with van der Waals surface area (Å²) in [6.45, 7) is -0.151. The van der Waals surface area contributed by atoms with E-state index >= 15 is 0 Å². The molecule has 3 amide bonds. The first-order chi connectivity index (χ1) is 15.9. The highest BCUT2D eigenvalue weighted by Crippen LogP contribution is 2.44. The van der Waals surface area contributed by atoms with Gasteiger partial charge in [-0.05, 0) is 28.7 Å². The van der Waals surface area contributed by atoms with Gasteiger partial charge in [-0.3, -0.25) is 14.4 Å². The van der Waals surface area contributed by atoms with E-state index in [2.05, 4.69) is 10.6 Å². The zero-order chi connectivity index (χ0) is 23.8. The van der Waals surface area contributed by atoms with E-state index in [1.165, 1.54) is 11.9 Å². The number of aliphatic carboxylic acids is 1. The van der Waals surface area contributed by atoms with Gasteiger partial charge in [0.25, 0.3) is 0 Å². The van der Waals surface area contributed by atoms with E-state index in [0.717, 1.165) is 22.3 Å². The normalized spacial score (nSPS) is 11.8. The van der Waals surface area contributed by atoms with E-state index in [1.807, 2.05) is 48.5 Å². The molecule has 0 aromatic heterocycles. The maximum absolute atomic E-state index is 12.1. The number of carboxylic acid groups (broad SMARTS) is 1. The van der Waals surface area contributed by atoms with Gasteiger partial charge in [0.1, 0.15) is 13.2 Å². The van der Waals surface area contributed by atoms with Crippen molar-refractivity contribution in [2.45, 2.75) is 18.8 Å². The highest BCUT2D eigenvalue weighted by molar-refractivity contribution is 5.87. The van der Waals surface area contributed by atoms with Crippen LogP contribution in [0, 0.1) is 0 Å². The van der Waals surface area contributed by atoms with E-state index in [9.17, 15) is 19.2 Å². The Kier molecular flexibility index (Phi) is 8.01. The molecule has 0 saturated heterocycles. The minimum absolute atomic E-state index is 0.0337. The first kappa shape index (κ1) is 23.8. The lowest BCUT2D eigenvalue weighted by Gasteiger charge is -2.17. The highest BCUT2D eigenvalue weighted by Gasteiger charge is 2.29. The Balaban J connectivity index is 1.40. The highest BCUT2D eigenvalue weighted by atomic mass is 16.5. The molecule has 9 heteroatoms. The van der Waals surface area contributed by atoms with Crippen LogP contribution in [-0.4, -0.2) is 67.2 Å². The first-order valence-electron chi connectivity index (χ1n) is 10.7. The molecule has 1 aliphatic carbocycles. The number of benzene rings is 2. The van der Waals surface area contributed by atoms with Crippen LogP contribution in [0.15, 0.2) is 48.5 Å². The van der Waals surface area contributed by atoms with Gasteiger partial charge in [-0.25, -0.2) is 4.79 Å². The molecule has 0 saturated carbocycles. The van der Waals surface area contributed by atoms with Crippen molar-refractivity contribution in [2.24, 2.45) is 0 Å². The van der Waals surface area contributed by atoms with Crippen LogP contribution in [0.5, 0.6) is 0 Å². The zero-order valence-corrected chi connectivity index (χ0v) is 18.4. The number of carbonyl (C=O) groups is 4. The number of carboxylic acids is 1. The number of alkyl carbamates (subject to hydrolysis) is 1. The summed E-state index contributed by atoms with van der Waals surface area (Å²) in [7, 11) is 1.53. The average Bonchev–Trinajstić information content (AvgIpc) is 3.13. The Labute approximate surface area is 191 Å². The largest absolute Gasteiger partial charge is 0.481 e. The van der Waals surface area contributed by atoms with Crippen molar-refractivity contribution in [1.82, 2.24) is 15.5 Å². The maximum atomic E-state index is 12.1. The third-order valence-electron chi connectivity index (χ3n) is 5.48. The number of hydrogen-bond donors (Lipinski definition) is 3. The predicted octanol–water partition coefficient (Wildman–Crippen LogP) is 1.96. The molecule has 2 aromatic carbocycles. The summed E-state index contributed by atoms with van der Waals surface area (Å²) in [6.07, 6.45) is -0.424. The molecule has 33 heavy (non-hydrogen) atoms. The zero-order valence-electron chi connectivity index (χ0n) is 18.4. The van der Waals surface area contributed by atoms with Crippen molar-refractivity contribution < 1.29 is 29.0 Å². The summed E-state index contributed by atoms with van der Waals surface area (Å²) in [5.41, 5.74) is 4.43. The van der Waals surface area contributed by atoms with Crippen LogP contribution in [0.3, 0.4) is 0 Å². The number of nitrogens with one attached hydrogen (secondary N) is 2.